The first kappa shape index (κ1) is 18.8. The van der Waals surface area contributed by atoms with Gasteiger partial charge in [-0.25, -0.2) is 0 Å². The molecular weight excluding hydrogens is 397 g/mol. The Kier molecular flexibility index (Phi) is 6.45. The molecule has 0 bridgehead atoms. The van der Waals surface area contributed by atoms with Gasteiger partial charge in [-0.05, 0) is 55.2 Å². The second-order valence-electron chi connectivity index (χ2n) is 6.03. The van der Waals surface area contributed by atoms with E-state index in [0.717, 1.165) is 35.0 Å². The van der Waals surface area contributed by atoms with Crippen molar-refractivity contribution in [2.75, 3.05) is 13.1 Å². The van der Waals surface area contributed by atoms with Gasteiger partial charge >= 0.3 is 0 Å². The molecule has 0 spiro atoms. The van der Waals surface area contributed by atoms with Gasteiger partial charge in [0, 0.05) is 18.1 Å². The number of ether oxygens (including phenoxy) is 1. The van der Waals surface area contributed by atoms with E-state index in [1.807, 2.05) is 30.3 Å². The fraction of sp³-hybridized carbons (Fsp3) is 0.316. The normalized spacial score (nSPS) is 14.4. The summed E-state index contributed by atoms with van der Waals surface area (Å²) in [6.45, 7) is 2.35. The minimum absolute atomic E-state index is 0.383. The minimum atomic E-state index is 0.383. The molecule has 1 saturated heterocycles. The van der Waals surface area contributed by atoms with Crippen molar-refractivity contribution in [1.29, 1.82) is 0 Å². The van der Waals surface area contributed by atoms with Crippen LogP contribution in [-0.4, -0.2) is 23.0 Å². The van der Waals surface area contributed by atoms with E-state index < -0.39 is 0 Å². The molecule has 1 aliphatic rings. The fourth-order valence-corrected chi connectivity index (χ4v) is 3.69. The number of thiocarbonyl (C=S) groups is 1. The lowest BCUT2D eigenvalue weighted by atomic mass is 10.1. The standard InChI is InChI=1S/C19H18Cl3NOS/c20-14-5-7-18(24-12-13-4-6-16(21)17(22)10-13)15(11-14)19(25)23-8-2-1-3-9-23/h4-7,10-11H,1-3,8-9,12H2. The maximum Gasteiger partial charge on any atom is 0.130 e. The van der Waals surface area contributed by atoms with Crippen molar-refractivity contribution in [1.82, 2.24) is 4.90 Å². The number of hydrogen-bond acceptors (Lipinski definition) is 2. The van der Waals surface area contributed by atoms with Crippen LogP contribution < -0.4 is 4.74 Å². The monoisotopic (exact) mass is 413 g/mol. The van der Waals surface area contributed by atoms with E-state index in [2.05, 4.69) is 4.90 Å². The Morgan fingerprint density at radius 1 is 0.960 bits per heavy atom. The highest BCUT2D eigenvalue weighted by Crippen LogP contribution is 2.28. The average molecular weight is 415 g/mol. The number of likely N-dealkylation sites (tertiary alicyclic amines) is 1. The Hall–Kier alpha value is -1.00. The van der Waals surface area contributed by atoms with E-state index in [1.165, 1.54) is 19.3 Å². The van der Waals surface area contributed by atoms with E-state index >= 15 is 0 Å². The Labute approximate surface area is 168 Å². The molecule has 0 aliphatic carbocycles. The summed E-state index contributed by atoms with van der Waals surface area (Å²) in [5.74, 6) is 0.728. The molecule has 1 fully saturated rings. The summed E-state index contributed by atoms with van der Waals surface area (Å²) >= 11 is 23.9. The topological polar surface area (TPSA) is 12.5 Å². The van der Waals surface area contributed by atoms with Crippen molar-refractivity contribution in [2.24, 2.45) is 0 Å². The molecule has 0 saturated carbocycles. The molecule has 2 aromatic carbocycles. The summed E-state index contributed by atoms with van der Waals surface area (Å²) in [6.07, 6.45) is 3.59. The maximum atomic E-state index is 6.19. The van der Waals surface area contributed by atoms with Crippen molar-refractivity contribution >= 4 is 52.0 Å². The third kappa shape index (κ3) is 4.79. The van der Waals surface area contributed by atoms with Crippen LogP contribution in [0.15, 0.2) is 36.4 Å². The molecular formula is C19H18Cl3NOS. The van der Waals surface area contributed by atoms with Crippen LogP contribution in [0, 0.1) is 0 Å². The van der Waals surface area contributed by atoms with Gasteiger partial charge in [-0.15, -0.1) is 0 Å². The zero-order chi connectivity index (χ0) is 17.8. The molecule has 2 nitrogen and oxygen atoms in total. The van der Waals surface area contributed by atoms with Crippen LogP contribution in [-0.2, 0) is 6.61 Å². The van der Waals surface area contributed by atoms with Crippen molar-refractivity contribution < 1.29 is 4.74 Å². The molecule has 1 heterocycles. The maximum absolute atomic E-state index is 6.19. The summed E-state index contributed by atoms with van der Waals surface area (Å²) in [7, 11) is 0. The molecule has 6 heteroatoms. The molecule has 3 rings (SSSR count). The van der Waals surface area contributed by atoms with E-state index in [-0.39, 0.29) is 0 Å². The van der Waals surface area contributed by atoms with Gasteiger partial charge in [0.15, 0.2) is 0 Å². The van der Waals surface area contributed by atoms with Crippen LogP contribution in [0.3, 0.4) is 0 Å². The number of halogens is 3. The average Bonchev–Trinajstić information content (AvgIpc) is 2.63. The predicted octanol–water partition coefficient (Wildman–Crippen LogP) is 6.39. The molecule has 1 aliphatic heterocycles. The fourth-order valence-electron chi connectivity index (χ4n) is 2.85. The molecule has 132 valence electrons. The van der Waals surface area contributed by atoms with E-state index in [4.69, 9.17) is 51.8 Å². The first-order valence-corrected chi connectivity index (χ1v) is 9.74. The van der Waals surface area contributed by atoms with Crippen molar-refractivity contribution in [2.45, 2.75) is 25.9 Å². The van der Waals surface area contributed by atoms with E-state index in [0.29, 0.717) is 21.7 Å². The second kappa shape index (κ2) is 8.59. The van der Waals surface area contributed by atoms with Gasteiger partial charge < -0.3 is 9.64 Å². The van der Waals surface area contributed by atoms with Gasteiger partial charge in [-0.3, -0.25) is 0 Å². The number of rotatable bonds is 4. The number of hydrogen-bond donors (Lipinski definition) is 0. The predicted molar refractivity (Wildman–Crippen MR) is 109 cm³/mol. The molecule has 0 N–H and O–H groups in total. The van der Waals surface area contributed by atoms with E-state index in [9.17, 15) is 0 Å². The van der Waals surface area contributed by atoms with Gasteiger partial charge in [0.2, 0.25) is 0 Å². The van der Waals surface area contributed by atoms with Crippen molar-refractivity contribution in [3.63, 3.8) is 0 Å². The Morgan fingerprint density at radius 2 is 1.72 bits per heavy atom. The quantitative estimate of drug-likeness (QED) is 0.538. The van der Waals surface area contributed by atoms with Gasteiger partial charge in [-0.1, -0.05) is 53.1 Å². The Balaban J connectivity index is 1.78. The molecule has 25 heavy (non-hydrogen) atoms. The lowest BCUT2D eigenvalue weighted by molar-refractivity contribution is 0.303. The highest BCUT2D eigenvalue weighted by atomic mass is 35.5. The van der Waals surface area contributed by atoms with Crippen LogP contribution in [0.25, 0.3) is 0 Å². The molecule has 0 amide bonds. The second-order valence-corrected chi connectivity index (χ2v) is 7.67. The summed E-state index contributed by atoms with van der Waals surface area (Å²) in [4.78, 5) is 3.03. The molecule has 0 atom stereocenters. The first-order valence-electron chi connectivity index (χ1n) is 8.20. The van der Waals surface area contributed by atoms with Crippen LogP contribution in [0.2, 0.25) is 15.1 Å². The number of benzene rings is 2. The van der Waals surface area contributed by atoms with Crippen molar-refractivity contribution in [3.05, 3.63) is 62.6 Å². The third-order valence-electron chi connectivity index (χ3n) is 4.19. The lowest BCUT2D eigenvalue weighted by Crippen LogP contribution is -2.35. The van der Waals surface area contributed by atoms with Crippen molar-refractivity contribution in [3.8, 4) is 5.75 Å². The summed E-state index contributed by atoms with van der Waals surface area (Å²) in [5, 5.41) is 1.70. The van der Waals surface area contributed by atoms with Crippen LogP contribution in [0.1, 0.15) is 30.4 Å². The first-order chi connectivity index (χ1) is 12.0. The Bertz CT molecular complexity index is 775. The number of piperidine rings is 1. The molecule has 0 aromatic heterocycles. The molecule has 2 aromatic rings. The molecule has 0 radical (unpaired) electrons. The number of nitrogens with zero attached hydrogens (tertiary/aromatic N) is 1. The minimum Gasteiger partial charge on any atom is -0.488 e. The highest BCUT2D eigenvalue weighted by Gasteiger charge is 2.18. The smallest absolute Gasteiger partial charge is 0.130 e. The van der Waals surface area contributed by atoms with Crippen LogP contribution in [0.5, 0.6) is 5.75 Å². The van der Waals surface area contributed by atoms with Gasteiger partial charge in [0.25, 0.3) is 0 Å². The zero-order valence-corrected chi connectivity index (χ0v) is 16.7. The van der Waals surface area contributed by atoms with Crippen LogP contribution >= 0.6 is 47.0 Å². The highest BCUT2D eigenvalue weighted by molar-refractivity contribution is 7.80. The van der Waals surface area contributed by atoms with E-state index in [1.54, 1.807) is 6.07 Å². The SMILES string of the molecule is S=C(c1cc(Cl)ccc1OCc1ccc(Cl)c(Cl)c1)N1CCCCC1. The summed E-state index contributed by atoms with van der Waals surface area (Å²) in [5.41, 5.74) is 1.81. The molecule has 0 unspecified atom stereocenters. The van der Waals surface area contributed by atoms with Gasteiger partial charge in [0.05, 0.1) is 15.6 Å². The lowest BCUT2D eigenvalue weighted by Gasteiger charge is -2.30. The van der Waals surface area contributed by atoms with Crippen LogP contribution in [0.4, 0.5) is 0 Å². The largest absolute Gasteiger partial charge is 0.488 e. The Morgan fingerprint density at radius 3 is 2.44 bits per heavy atom. The van der Waals surface area contributed by atoms with Gasteiger partial charge in [-0.2, -0.15) is 0 Å². The zero-order valence-electron chi connectivity index (χ0n) is 13.6. The van der Waals surface area contributed by atoms with Gasteiger partial charge in [0.1, 0.15) is 17.3 Å². The summed E-state index contributed by atoms with van der Waals surface area (Å²) < 4.78 is 6.01. The third-order valence-corrected chi connectivity index (χ3v) is 5.65. The summed E-state index contributed by atoms with van der Waals surface area (Å²) in [6, 6.07) is 11.0.